The smallest absolute Gasteiger partial charge is 0.228 e. The van der Waals surface area contributed by atoms with Crippen LogP contribution in [0.2, 0.25) is 0 Å². The van der Waals surface area contributed by atoms with Crippen LogP contribution in [0.25, 0.3) is 0 Å². The summed E-state index contributed by atoms with van der Waals surface area (Å²) >= 11 is 1.61. The lowest BCUT2D eigenvalue weighted by atomic mass is 10.1. The Morgan fingerprint density at radius 1 is 1.25 bits per heavy atom. The van der Waals surface area contributed by atoms with Crippen LogP contribution in [0.1, 0.15) is 43.6 Å². The lowest BCUT2D eigenvalue weighted by molar-refractivity contribution is -0.132. The molecule has 0 saturated carbocycles. The van der Waals surface area contributed by atoms with Gasteiger partial charge in [0, 0.05) is 56.5 Å². The second-order valence-electron chi connectivity index (χ2n) is 9.05. The number of thiophene rings is 1. The number of carbonyl (C=O) groups excluding carboxylic acids is 2. The van der Waals surface area contributed by atoms with E-state index < -0.39 is 0 Å². The first kappa shape index (κ1) is 24.3. The summed E-state index contributed by atoms with van der Waals surface area (Å²) < 4.78 is 5.84. The third kappa shape index (κ3) is 7.07. The van der Waals surface area contributed by atoms with Crippen molar-refractivity contribution in [3.63, 3.8) is 0 Å². The van der Waals surface area contributed by atoms with Gasteiger partial charge in [0.05, 0.1) is 12.5 Å². The second kappa shape index (κ2) is 11.5. The minimum absolute atomic E-state index is 0.00790. The van der Waals surface area contributed by atoms with Crippen LogP contribution in [0.3, 0.4) is 0 Å². The number of carbonyl (C=O) groups is 2. The van der Waals surface area contributed by atoms with Gasteiger partial charge in [-0.3, -0.25) is 9.59 Å². The fraction of sp³-hybridized carbons (Fsp3) is 0.520. The Kier molecular flexibility index (Phi) is 8.70. The van der Waals surface area contributed by atoms with E-state index in [1.54, 1.807) is 11.3 Å². The quantitative estimate of drug-likeness (QED) is 0.569. The second-order valence-corrected chi connectivity index (χ2v) is 10.1. The fourth-order valence-corrected chi connectivity index (χ4v) is 4.67. The first-order valence-corrected chi connectivity index (χ1v) is 12.2. The van der Waals surface area contributed by atoms with Gasteiger partial charge in [0.15, 0.2) is 0 Å². The van der Waals surface area contributed by atoms with E-state index in [-0.39, 0.29) is 17.9 Å². The van der Waals surface area contributed by atoms with Crippen molar-refractivity contribution in [2.24, 2.45) is 5.92 Å². The Bertz CT molecular complexity index is 890. The molecule has 0 radical (unpaired) electrons. The van der Waals surface area contributed by atoms with E-state index in [0.717, 1.165) is 41.3 Å². The standard InChI is InChI=1S/C25H35N3O3S/c1-18(2)13-24(29)26-20-9-10-23(27(3)4)19(14-20)16-28(17-21-7-5-11-31-21)25(30)15-22-8-6-12-32-22/h6,8-10,12,14,18,21H,5,7,11,13,15-17H2,1-4H3,(H,26,29)/t21-/m1/s1. The molecule has 1 N–H and O–H groups in total. The third-order valence-corrected chi connectivity index (χ3v) is 6.38. The van der Waals surface area contributed by atoms with Crippen LogP contribution in [0.4, 0.5) is 11.4 Å². The molecule has 1 aliphatic rings. The van der Waals surface area contributed by atoms with E-state index >= 15 is 0 Å². The van der Waals surface area contributed by atoms with E-state index in [2.05, 4.69) is 5.32 Å². The third-order valence-electron chi connectivity index (χ3n) is 5.51. The highest BCUT2D eigenvalue weighted by Gasteiger charge is 2.24. The van der Waals surface area contributed by atoms with E-state index in [1.165, 1.54) is 0 Å². The molecule has 1 fully saturated rings. The first-order chi connectivity index (χ1) is 15.3. The molecule has 1 aromatic carbocycles. The Morgan fingerprint density at radius 2 is 2.06 bits per heavy atom. The fourth-order valence-electron chi connectivity index (χ4n) is 3.98. The molecule has 6 nitrogen and oxygen atoms in total. The van der Waals surface area contributed by atoms with Gasteiger partial charge >= 0.3 is 0 Å². The zero-order valence-corrected chi connectivity index (χ0v) is 20.4. The van der Waals surface area contributed by atoms with Crippen molar-refractivity contribution >= 4 is 34.5 Å². The number of amides is 2. The maximum Gasteiger partial charge on any atom is 0.228 e. The summed E-state index contributed by atoms with van der Waals surface area (Å²) in [4.78, 5) is 30.6. The average molecular weight is 458 g/mol. The monoisotopic (exact) mass is 457 g/mol. The zero-order chi connectivity index (χ0) is 23.1. The van der Waals surface area contributed by atoms with E-state index in [9.17, 15) is 9.59 Å². The summed E-state index contributed by atoms with van der Waals surface area (Å²) in [6.07, 6.45) is 2.98. The van der Waals surface area contributed by atoms with Crippen LogP contribution >= 0.6 is 11.3 Å². The molecule has 2 amide bonds. The van der Waals surface area contributed by atoms with Gasteiger partial charge < -0.3 is 19.9 Å². The topological polar surface area (TPSA) is 61.9 Å². The molecule has 0 spiro atoms. The molecule has 3 rings (SSSR count). The summed E-state index contributed by atoms with van der Waals surface area (Å²) in [5.41, 5.74) is 2.81. The number of rotatable bonds is 10. The van der Waals surface area contributed by atoms with Crippen molar-refractivity contribution in [3.05, 3.63) is 46.2 Å². The number of anilines is 2. The van der Waals surface area contributed by atoms with Crippen LogP contribution in [-0.2, 0) is 27.3 Å². The van der Waals surface area contributed by atoms with Crippen molar-refractivity contribution in [1.29, 1.82) is 0 Å². The zero-order valence-electron chi connectivity index (χ0n) is 19.6. The maximum absolute atomic E-state index is 13.3. The Hall–Kier alpha value is -2.38. The summed E-state index contributed by atoms with van der Waals surface area (Å²) in [7, 11) is 3.99. The van der Waals surface area contributed by atoms with Crippen molar-refractivity contribution in [1.82, 2.24) is 4.90 Å². The molecule has 2 aromatic rings. The van der Waals surface area contributed by atoms with Gasteiger partial charge in [-0.15, -0.1) is 11.3 Å². The number of nitrogens with zero attached hydrogens (tertiary/aromatic N) is 2. The molecular weight excluding hydrogens is 422 g/mol. The summed E-state index contributed by atoms with van der Waals surface area (Å²) in [6, 6.07) is 9.91. The van der Waals surface area contributed by atoms with Crippen molar-refractivity contribution in [2.45, 2.75) is 52.2 Å². The van der Waals surface area contributed by atoms with Crippen molar-refractivity contribution in [3.8, 4) is 0 Å². The number of hydrogen-bond acceptors (Lipinski definition) is 5. The lowest BCUT2D eigenvalue weighted by Crippen LogP contribution is -2.38. The van der Waals surface area contributed by atoms with E-state index in [0.29, 0.717) is 31.8 Å². The van der Waals surface area contributed by atoms with Crippen LogP contribution in [0.15, 0.2) is 35.7 Å². The minimum Gasteiger partial charge on any atom is -0.377 e. The van der Waals surface area contributed by atoms with Gasteiger partial charge in [0.2, 0.25) is 11.8 Å². The summed E-state index contributed by atoms with van der Waals surface area (Å²) in [6.45, 7) is 5.88. The number of nitrogens with one attached hydrogen (secondary N) is 1. The van der Waals surface area contributed by atoms with Crippen LogP contribution in [0.5, 0.6) is 0 Å². The number of hydrogen-bond donors (Lipinski definition) is 1. The molecular formula is C25H35N3O3S. The highest BCUT2D eigenvalue weighted by Crippen LogP contribution is 2.26. The van der Waals surface area contributed by atoms with Crippen LogP contribution < -0.4 is 10.2 Å². The number of ether oxygens (including phenoxy) is 1. The SMILES string of the molecule is CC(C)CC(=O)Nc1ccc(N(C)C)c(CN(C[C@H]2CCCO2)C(=O)Cc2cccs2)c1. The molecule has 0 unspecified atom stereocenters. The Morgan fingerprint density at radius 3 is 2.69 bits per heavy atom. The van der Waals surface area contributed by atoms with Gasteiger partial charge in [0.25, 0.3) is 0 Å². The van der Waals surface area contributed by atoms with Crippen molar-refractivity contribution in [2.75, 3.05) is 37.5 Å². The van der Waals surface area contributed by atoms with Crippen LogP contribution in [0, 0.1) is 5.92 Å². The molecule has 1 aromatic heterocycles. The lowest BCUT2D eigenvalue weighted by Gasteiger charge is -2.28. The van der Waals surface area contributed by atoms with Gasteiger partial charge in [-0.2, -0.15) is 0 Å². The normalized spacial score (nSPS) is 15.7. The molecule has 174 valence electrons. The molecule has 2 heterocycles. The minimum atomic E-state index is 0.00790. The van der Waals surface area contributed by atoms with E-state index in [4.69, 9.17) is 4.74 Å². The van der Waals surface area contributed by atoms with Gasteiger partial charge in [0.1, 0.15) is 0 Å². The Labute approximate surface area is 195 Å². The molecule has 0 bridgehead atoms. The molecule has 0 aliphatic carbocycles. The maximum atomic E-state index is 13.3. The number of benzene rings is 1. The molecule has 7 heteroatoms. The largest absolute Gasteiger partial charge is 0.377 e. The molecule has 32 heavy (non-hydrogen) atoms. The highest BCUT2D eigenvalue weighted by molar-refractivity contribution is 7.10. The molecule has 1 saturated heterocycles. The summed E-state index contributed by atoms with van der Waals surface area (Å²) in [5.74, 6) is 0.405. The predicted octanol–water partition coefficient (Wildman–Crippen LogP) is 4.55. The van der Waals surface area contributed by atoms with Gasteiger partial charge in [-0.25, -0.2) is 0 Å². The highest BCUT2D eigenvalue weighted by atomic mass is 32.1. The molecule has 1 atom stereocenters. The molecule has 1 aliphatic heterocycles. The van der Waals surface area contributed by atoms with Gasteiger partial charge in [-0.1, -0.05) is 19.9 Å². The summed E-state index contributed by atoms with van der Waals surface area (Å²) in [5, 5.41) is 5.01. The van der Waals surface area contributed by atoms with E-state index in [1.807, 2.05) is 73.5 Å². The average Bonchev–Trinajstić information content (AvgIpc) is 3.41. The Balaban J connectivity index is 1.82. The predicted molar refractivity (Wildman–Crippen MR) is 131 cm³/mol. The van der Waals surface area contributed by atoms with Crippen LogP contribution in [-0.4, -0.2) is 50.1 Å². The first-order valence-electron chi connectivity index (χ1n) is 11.3. The van der Waals surface area contributed by atoms with Crippen molar-refractivity contribution < 1.29 is 14.3 Å². The van der Waals surface area contributed by atoms with Gasteiger partial charge in [-0.05, 0) is 54.0 Å².